The first-order chi connectivity index (χ1) is 15.7. The molecule has 9 heteroatoms. The number of halogens is 1. The van der Waals surface area contributed by atoms with Crippen molar-refractivity contribution >= 4 is 39.1 Å². The largest absolute Gasteiger partial charge is 0.352 e. The number of carbonyl (C=O) groups excluding carboxylic acids is 2. The summed E-state index contributed by atoms with van der Waals surface area (Å²) in [5.41, 5.74) is 1.06. The van der Waals surface area contributed by atoms with Crippen molar-refractivity contribution in [2.24, 2.45) is 0 Å². The van der Waals surface area contributed by atoms with Gasteiger partial charge in [-0.05, 0) is 43.5 Å². The van der Waals surface area contributed by atoms with E-state index < -0.39 is 28.5 Å². The van der Waals surface area contributed by atoms with Gasteiger partial charge in [-0.25, -0.2) is 8.42 Å². The Labute approximate surface area is 200 Å². The maximum atomic E-state index is 13.5. The fourth-order valence-electron chi connectivity index (χ4n) is 3.99. The Morgan fingerprint density at radius 3 is 2.27 bits per heavy atom. The second kappa shape index (κ2) is 11.0. The summed E-state index contributed by atoms with van der Waals surface area (Å²) in [6.07, 6.45) is 5.05. The Balaban J connectivity index is 1.87. The van der Waals surface area contributed by atoms with Crippen LogP contribution in [0.15, 0.2) is 54.6 Å². The number of benzene rings is 2. The van der Waals surface area contributed by atoms with Crippen LogP contribution in [0, 0.1) is 0 Å². The third-order valence-electron chi connectivity index (χ3n) is 5.89. The zero-order valence-electron chi connectivity index (χ0n) is 18.9. The minimum atomic E-state index is -3.73. The van der Waals surface area contributed by atoms with Gasteiger partial charge in [-0.1, -0.05) is 60.8 Å². The summed E-state index contributed by atoms with van der Waals surface area (Å²) in [5.74, 6) is -0.744. The average Bonchev–Trinajstić information content (AvgIpc) is 3.29. The van der Waals surface area contributed by atoms with Crippen LogP contribution < -0.4 is 9.62 Å². The number of amides is 2. The highest BCUT2D eigenvalue weighted by molar-refractivity contribution is 7.92. The summed E-state index contributed by atoms with van der Waals surface area (Å²) < 4.78 is 26.0. The van der Waals surface area contributed by atoms with Crippen LogP contribution in [-0.4, -0.2) is 50.0 Å². The van der Waals surface area contributed by atoms with Gasteiger partial charge in [0.05, 0.1) is 11.9 Å². The second-order valence-corrected chi connectivity index (χ2v) is 10.7. The fraction of sp³-hybridized carbons (Fsp3) is 0.417. The standard InChI is InChI=1S/C24H30ClN3O4S/c1-18(24(30)26-20-11-7-8-12-20)27(16-19-10-6-9-15-22(19)25)23(29)17-28(33(2,31)32)21-13-4-3-5-14-21/h3-6,9-10,13-15,18,20H,7-8,11-12,16-17H2,1-2H3,(H,26,30). The van der Waals surface area contributed by atoms with Crippen LogP contribution in [-0.2, 0) is 26.2 Å². The van der Waals surface area contributed by atoms with Crippen LogP contribution in [0.4, 0.5) is 5.69 Å². The van der Waals surface area contributed by atoms with E-state index in [1.54, 1.807) is 61.5 Å². The molecule has 0 saturated heterocycles. The molecule has 1 saturated carbocycles. The first kappa shape index (κ1) is 25.1. The van der Waals surface area contributed by atoms with Crippen molar-refractivity contribution in [3.63, 3.8) is 0 Å². The molecular weight excluding hydrogens is 462 g/mol. The van der Waals surface area contributed by atoms with Gasteiger partial charge in [0.1, 0.15) is 12.6 Å². The van der Waals surface area contributed by atoms with Gasteiger partial charge < -0.3 is 10.2 Å². The van der Waals surface area contributed by atoms with E-state index in [0.29, 0.717) is 16.3 Å². The smallest absolute Gasteiger partial charge is 0.244 e. The van der Waals surface area contributed by atoms with Gasteiger partial charge in [0.2, 0.25) is 21.8 Å². The molecule has 0 aromatic heterocycles. The number of nitrogens with one attached hydrogen (secondary N) is 1. The van der Waals surface area contributed by atoms with Gasteiger partial charge in [-0.2, -0.15) is 0 Å². The molecule has 7 nitrogen and oxygen atoms in total. The topological polar surface area (TPSA) is 86.8 Å². The molecule has 33 heavy (non-hydrogen) atoms. The minimum Gasteiger partial charge on any atom is -0.352 e. The van der Waals surface area contributed by atoms with Crippen LogP contribution in [0.25, 0.3) is 0 Å². The highest BCUT2D eigenvalue weighted by Gasteiger charge is 2.31. The number of rotatable bonds is 9. The molecule has 0 heterocycles. The molecule has 3 rings (SSSR count). The van der Waals surface area contributed by atoms with Crippen molar-refractivity contribution in [3.05, 3.63) is 65.2 Å². The SMILES string of the molecule is CC(C(=O)NC1CCCC1)N(Cc1ccccc1Cl)C(=O)CN(c1ccccc1)S(C)(=O)=O. The van der Waals surface area contributed by atoms with E-state index in [1.807, 2.05) is 0 Å². The monoisotopic (exact) mass is 491 g/mol. The van der Waals surface area contributed by atoms with E-state index in [-0.39, 0.29) is 18.5 Å². The molecule has 1 aliphatic rings. The molecule has 0 radical (unpaired) electrons. The number of hydrogen-bond donors (Lipinski definition) is 1. The fourth-order valence-corrected chi connectivity index (χ4v) is 5.04. The van der Waals surface area contributed by atoms with Crippen molar-refractivity contribution in [1.29, 1.82) is 0 Å². The summed E-state index contributed by atoms with van der Waals surface area (Å²) in [5, 5.41) is 3.51. The van der Waals surface area contributed by atoms with Gasteiger partial charge in [-0.15, -0.1) is 0 Å². The van der Waals surface area contributed by atoms with Gasteiger partial charge in [0, 0.05) is 17.6 Å². The van der Waals surface area contributed by atoms with Crippen LogP contribution in [0.1, 0.15) is 38.2 Å². The molecule has 1 aliphatic carbocycles. The zero-order chi connectivity index (χ0) is 24.0. The molecule has 1 fully saturated rings. The molecule has 1 unspecified atom stereocenters. The van der Waals surface area contributed by atoms with Crippen molar-refractivity contribution in [2.75, 3.05) is 17.1 Å². The van der Waals surface area contributed by atoms with Crippen LogP contribution in [0.2, 0.25) is 5.02 Å². The van der Waals surface area contributed by atoms with Crippen molar-refractivity contribution in [3.8, 4) is 0 Å². The van der Waals surface area contributed by atoms with E-state index >= 15 is 0 Å². The molecular formula is C24H30ClN3O4S. The summed E-state index contributed by atoms with van der Waals surface area (Å²) in [7, 11) is -3.73. The Morgan fingerprint density at radius 1 is 1.06 bits per heavy atom. The van der Waals surface area contributed by atoms with E-state index in [9.17, 15) is 18.0 Å². The molecule has 0 spiro atoms. The first-order valence-corrected chi connectivity index (χ1v) is 13.3. The molecule has 1 atom stereocenters. The first-order valence-electron chi connectivity index (χ1n) is 11.0. The van der Waals surface area contributed by atoms with E-state index in [0.717, 1.165) is 36.2 Å². The Bertz CT molecular complexity index is 1070. The van der Waals surface area contributed by atoms with E-state index in [1.165, 1.54) is 4.90 Å². The number of anilines is 1. The van der Waals surface area contributed by atoms with Gasteiger partial charge in [0.25, 0.3) is 0 Å². The van der Waals surface area contributed by atoms with E-state index in [4.69, 9.17) is 11.6 Å². The third-order valence-corrected chi connectivity index (χ3v) is 7.40. The van der Waals surface area contributed by atoms with Gasteiger partial charge >= 0.3 is 0 Å². The summed E-state index contributed by atoms with van der Waals surface area (Å²) in [6, 6.07) is 14.8. The molecule has 1 N–H and O–H groups in total. The highest BCUT2D eigenvalue weighted by Crippen LogP contribution is 2.22. The highest BCUT2D eigenvalue weighted by atomic mass is 35.5. The number of sulfonamides is 1. The molecule has 2 aromatic carbocycles. The number of hydrogen-bond acceptors (Lipinski definition) is 4. The second-order valence-electron chi connectivity index (χ2n) is 8.38. The Hall–Kier alpha value is -2.58. The van der Waals surface area contributed by atoms with E-state index in [2.05, 4.69) is 5.32 Å². The predicted molar refractivity (Wildman–Crippen MR) is 130 cm³/mol. The molecule has 2 aromatic rings. The Morgan fingerprint density at radius 2 is 1.67 bits per heavy atom. The lowest BCUT2D eigenvalue weighted by molar-refractivity contribution is -0.139. The van der Waals surface area contributed by atoms with Crippen molar-refractivity contribution in [2.45, 2.75) is 51.2 Å². The maximum absolute atomic E-state index is 13.5. The molecule has 0 aliphatic heterocycles. The number of nitrogens with zero attached hydrogens (tertiary/aromatic N) is 2. The lowest BCUT2D eigenvalue weighted by Crippen LogP contribution is -2.52. The molecule has 178 valence electrons. The van der Waals surface area contributed by atoms with Gasteiger partial charge in [0.15, 0.2) is 0 Å². The third kappa shape index (κ3) is 6.71. The number of para-hydroxylation sites is 1. The minimum absolute atomic E-state index is 0.0875. The lowest BCUT2D eigenvalue weighted by Gasteiger charge is -2.32. The molecule has 0 bridgehead atoms. The summed E-state index contributed by atoms with van der Waals surface area (Å²) >= 11 is 6.32. The van der Waals surface area contributed by atoms with Gasteiger partial charge in [-0.3, -0.25) is 13.9 Å². The normalized spacial score (nSPS) is 15.1. The summed E-state index contributed by atoms with van der Waals surface area (Å²) in [4.78, 5) is 27.9. The maximum Gasteiger partial charge on any atom is 0.244 e. The number of carbonyl (C=O) groups is 2. The van der Waals surface area contributed by atoms with Crippen LogP contribution >= 0.6 is 11.6 Å². The van der Waals surface area contributed by atoms with Crippen LogP contribution in [0.5, 0.6) is 0 Å². The lowest BCUT2D eigenvalue weighted by atomic mass is 10.1. The quantitative estimate of drug-likeness (QED) is 0.580. The van der Waals surface area contributed by atoms with Crippen molar-refractivity contribution < 1.29 is 18.0 Å². The predicted octanol–water partition coefficient (Wildman–Crippen LogP) is 3.58. The Kier molecular flexibility index (Phi) is 8.37. The van der Waals surface area contributed by atoms with Crippen LogP contribution in [0.3, 0.4) is 0 Å². The zero-order valence-corrected chi connectivity index (χ0v) is 20.5. The van der Waals surface area contributed by atoms with Crippen molar-refractivity contribution in [1.82, 2.24) is 10.2 Å². The summed E-state index contributed by atoms with van der Waals surface area (Å²) in [6.45, 7) is 1.32. The average molecular weight is 492 g/mol. The molecule has 2 amide bonds.